The van der Waals surface area contributed by atoms with E-state index in [9.17, 15) is 0 Å². The third-order valence-electron chi connectivity index (χ3n) is 6.12. The van der Waals surface area contributed by atoms with E-state index in [2.05, 4.69) is 44.9 Å². The molecule has 0 unspecified atom stereocenters. The van der Waals surface area contributed by atoms with Gasteiger partial charge >= 0.3 is 19.5 Å². The van der Waals surface area contributed by atoms with E-state index in [1.165, 1.54) is 0 Å². The van der Waals surface area contributed by atoms with Crippen molar-refractivity contribution in [2.75, 3.05) is 0 Å². The molecule has 0 N–H and O–H groups in total. The maximum Gasteiger partial charge on any atom is 2.00 e. The van der Waals surface area contributed by atoms with Crippen molar-refractivity contribution < 1.29 is 19.5 Å². The van der Waals surface area contributed by atoms with Gasteiger partial charge < -0.3 is 10.6 Å². The average Bonchev–Trinajstić information content (AvgIpc) is 3.05. The standard InChI is InChI=1S/2C19H15N4.Zn/c2*1-14(22-18-9-5-3-7-16(18)12-20)11-15(2)23-19-10-6-4-8-17(19)13-21;/h2*3-11H,1-2H3;/q2*-1;+2/b2*14-11-,23-15?;. The van der Waals surface area contributed by atoms with E-state index in [4.69, 9.17) is 21.0 Å². The molecule has 0 aliphatic heterocycles. The number of benzene rings is 4. The van der Waals surface area contributed by atoms with Gasteiger partial charge in [0.15, 0.2) is 0 Å². The Morgan fingerprint density at radius 3 is 1.13 bits per heavy atom. The Labute approximate surface area is 289 Å². The monoisotopic (exact) mass is 662 g/mol. The molecule has 0 heterocycles. The minimum atomic E-state index is 0. The van der Waals surface area contributed by atoms with Crippen LogP contribution in [-0.2, 0) is 19.5 Å². The van der Waals surface area contributed by atoms with E-state index in [-0.39, 0.29) is 19.5 Å². The first-order valence-electron chi connectivity index (χ1n) is 14.1. The second-order valence-corrected chi connectivity index (χ2v) is 9.82. The molecular weight excluding hydrogens is 634 g/mol. The van der Waals surface area contributed by atoms with Crippen LogP contribution in [0.5, 0.6) is 0 Å². The van der Waals surface area contributed by atoms with Crippen LogP contribution in [0.4, 0.5) is 22.7 Å². The molecule has 0 spiro atoms. The van der Waals surface area contributed by atoms with Gasteiger partial charge in [0.1, 0.15) is 12.1 Å². The van der Waals surface area contributed by atoms with Crippen LogP contribution in [0.3, 0.4) is 0 Å². The van der Waals surface area contributed by atoms with Crippen LogP contribution in [0, 0.1) is 45.3 Å². The largest absolute Gasteiger partial charge is 2.00 e. The van der Waals surface area contributed by atoms with Gasteiger partial charge in [-0.3, -0.25) is 9.98 Å². The van der Waals surface area contributed by atoms with Gasteiger partial charge in [0.2, 0.25) is 0 Å². The molecule has 224 valence electrons. The predicted octanol–water partition coefficient (Wildman–Crippen LogP) is 10.3. The zero-order valence-electron chi connectivity index (χ0n) is 26.7. The van der Waals surface area contributed by atoms with Gasteiger partial charge in [0, 0.05) is 22.6 Å². The molecule has 0 atom stereocenters. The smallest absolute Gasteiger partial charge is 0.660 e. The fourth-order valence-corrected chi connectivity index (χ4v) is 4.16. The van der Waals surface area contributed by atoms with Gasteiger partial charge in [0.05, 0.1) is 34.6 Å². The van der Waals surface area contributed by atoms with Gasteiger partial charge in [-0.05, 0) is 50.2 Å². The molecule has 0 aliphatic carbocycles. The number of allylic oxidation sites excluding steroid dienone is 4. The minimum absolute atomic E-state index is 0. The van der Waals surface area contributed by atoms with Crippen molar-refractivity contribution in [3.8, 4) is 24.3 Å². The summed E-state index contributed by atoms with van der Waals surface area (Å²) in [5.74, 6) is 0. The summed E-state index contributed by atoms with van der Waals surface area (Å²) in [5.41, 5.74) is 7.62. The second kappa shape index (κ2) is 19.3. The predicted molar refractivity (Wildman–Crippen MR) is 184 cm³/mol. The Kier molecular flexibility index (Phi) is 15.2. The van der Waals surface area contributed by atoms with Gasteiger partial charge in [-0.2, -0.15) is 32.4 Å². The summed E-state index contributed by atoms with van der Waals surface area (Å²) < 4.78 is 0. The number of hydrogen-bond acceptors (Lipinski definition) is 6. The molecule has 0 amide bonds. The zero-order valence-corrected chi connectivity index (χ0v) is 29.6. The van der Waals surface area contributed by atoms with E-state index in [0.717, 1.165) is 22.8 Å². The van der Waals surface area contributed by atoms with E-state index in [0.29, 0.717) is 45.0 Å². The molecule has 4 rings (SSSR count). The Morgan fingerprint density at radius 1 is 0.489 bits per heavy atom. The van der Waals surface area contributed by atoms with Gasteiger partial charge in [-0.25, -0.2) is 0 Å². The summed E-state index contributed by atoms with van der Waals surface area (Å²) in [7, 11) is 0. The topological polar surface area (TPSA) is 148 Å². The number of aliphatic imine (C=N–C) groups is 2. The SMILES string of the molecule is CC(/C=C(/C)[N-]c1ccccc1C#N)=Nc1ccccc1C#N.CC(/C=C(/C)[N-]c1ccccc1C#N)=Nc1ccccc1C#N.[Zn+2]. The molecule has 8 nitrogen and oxygen atoms in total. The Bertz CT molecular complexity index is 1850. The summed E-state index contributed by atoms with van der Waals surface area (Å²) in [4.78, 5) is 8.89. The van der Waals surface area contributed by atoms with Crippen molar-refractivity contribution in [3.05, 3.63) is 153 Å². The Balaban J connectivity index is 0.000000320. The number of nitriles is 4. The molecule has 0 saturated carbocycles. The van der Waals surface area contributed by atoms with Crippen LogP contribution < -0.4 is 0 Å². The summed E-state index contributed by atoms with van der Waals surface area (Å²) in [6.45, 7) is 7.40. The van der Waals surface area contributed by atoms with Crippen LogP contribution in [-0.4, -0.2) is 11.4 Å². The fraction of sp³-hybridized carbons (Fsp3) is 0.105. The molecule has 4 aromatic carbocycles. The first-order valence-corrected chi connectivity index (χ1v) is 14.1. The molecule has 0 aromatic heterocycles. The second-order valence-electron chi connectivity index (χ2n) is 9.82. The first kappa shape index (κ1) is 37.1. The van der Waals surface area contributed by atoms with Crippen molar-refractivity contribution in [3.63, 3.8) is 0 Å². The summed E-state index contributed by atoms with van der Waals surface area (Å²) in [5, 5.41) is 45.2. The maximum atomic E-state index is 9.08. The van der Waals surface area contributed by atoms with Crippen molar-refractivity contribution >= 4 is 34.2 Å². The van der Waals surface area contributed by atoms with Crippen LogP contribution >= 0.6 is 0 Å². The van der Waals surface area contributed by atoms with Gasteiger partial charge in [-0.15, -0.1) is 11.4 Å². The van der Waals surface area contributed by atoms with Crippen LogP contribution in [0.1, 0.15) is 49.9 Å². The van der Waals surface area contributed by atoms with Crippen molar-refractivity contribution in [2.24, 2.45) is 9.98 Å². The number of hydrogen-bond donors (Lipinski definition) is 0. The number of rotatable bonds is 8. The van der Waals surface area contributed by atoms with Crippen LogP contribution in [0.25, 0.3) is 10.6 Å². The third-order valence-corrected chi connectivity index (χ3v) is 6.12. The number of para-hydroxylation sites is 4. The molecule has 9 heteroatoms. The third kappa shape index (κ3) is 11.7. The normalized spacial score (nSPS) is 11.2. The van der Waals surface area contributed by atoms with Gasteiger partial charge in [0.25, 0.3) is 0 Å². The molecule has 0 saturated heterocycles. The zero-order chi connectivity index (χ0) is 33.3. The minimum Gasteiger partial charge on any atom is -0.660 e. The van der Waals surface area contributed by atoms with E-state index in [1.807, 2.05) is 88.4 Å². The molecule has 0 bridgehead atoms. The van der Waals surface area contributed by atoms with Crippen molar-refractivity contribution in [1.82, 2.24) is 0 Å². The van der Waals surface area contributed by atoms with Crippen molar-refractivity contribution in [2.45, 2.75) is 27.7 Å². The Hall–Kier alpha value is -6.12. The number of nitrogens with zero attached hydrogens (tertiary/aromatic N) is 8. The summed E-state index contributed by atoms with van der Waals surface area (Å²) in [6.07, 6.45) is 3.64. The summed E-state index contributed by atoms with van der Waals surface area (Å²) in [6, 6.07) is 37.2. The molecule has 0 radical (unpaired) electrons. The van der Waals surface area contributed by atoms with Gasteiger partial charge in [-0.1, -0.05) is 86.7 Å². The summed E-state index contributed by atoms with van der Waals surface area (Å²) >= 11 is 0. The Morgan fingerprint density at radius 2 is 0.787 bits per heavy atom. The van der Waals surface area contributed by atoms with Crippen LogP contribution in [0.15, 0.2) is 131 Å². The maximum absolute atomic E-state index is 9.08. The van der Waals surface area contributed by atoms with E-state index < -0.39 is 0 Å². The van der Waals surface area contributed by atoms with E-state index in [1.54, 1.807) is 48.5 Å². The molecule has 0 fully saturated rings. The first-order chi connectivity index (χ1) is 22.3. The van der Waals surface area contributed by atoms with Crippen molar-refractivity contribution in [1.29, 1.82) is 21.0 Å². The van der Waals surface area contributed by atoms with Crippen LogP contribution in [0.2, 0.25) is 0 Å². The quantitative estimate of drug-likeness (QED) is 0.136. The average molecular weight is 664 g/mol. The van der Waals surface area contributed by atoms with E-state index >= 15 is 0 Å². The molecule has 4 aromatic rings. The molecule has 47 heavy (non-hydrogen) atoms. The fourth-order valence-electron chi connectivity index (χ4n) is 4.16. The molecular formula is C38H30N8Zn. The molecule has 0 aliphatic rings.